The normalized spacial score (nSPS) is 14.3. The van der Waals surface area contributed by atoms with Crippen LogP contribution in [0.3, 0.4) is 0 Å². The monoisotopic (exact) mass is 982 g/mol. The third-order valence-electron chi connectivity index (χ3n) is 16.4. The highest BCUT2D eigenvalue weighted by atomic mass is 32.1. The van der Waals surface area contributed by atoms with Gasteiger partial charge in [-0.15, -0.1) is 11.3 Å². The first-order valence-electron chi connectivity index (χ1n) is 26.2. The molecule has 0 bridgehead atoms. The van der Waals surface area contributed by atoms with E-state index >= 15 is 0 Å². The Morgan fingerprint density at radius 2 is 0.750 bits per heavy atom. The Hall–Kier alpha value is -9.54. The molecule has 0 fully saturated rings. The van der Waals surface area contributed by atoms with Crippen LogP contribution < -0.4 is 9.80 Å². The summed E-state index contributed by atoms with van der Waals surface area (Å²) in [6, 6.07) is 104. The summed E-state index contributed by atoms with van der Waals surface area (Å²) in [4.78, 5) is 4.90. The fraction of sp³-hybridized carbons (Fsp3) is 0.0137. The molecule has 2 heterocycles. The molecule has 0 radical (unpaired) electrons. The first-order chi connectivity index (χ1) is 37.7. The van der Waals surface area contributed by atoms with Gasteiger partial charge in [-0.3, -0.25) is 0 Å². The Labute approximate surface area is 446 Å². The van der Waals surface area contributed by atoms with E-state index in [2.05, 4.69) is 289 Å². The van der Waals surface area contributed by atoms with E-state index < -0.39 is 5.41 Å². The van der Waals surface area contributed by atoms with Gasteiger partial charge in [0.15, 0.2) is 0 Å². The van der Waals surface area contributed by atoms with E-state index in [0.717, 1.165) is 34.1 Å². The van der Waals surface area contributed by atoms with Crippen molar-refractivity contribution in [3.63, 3.8) is 0 Å². The van der Waals surface area contributed by atoms with Gasteiger partial charge in [0.25, 0.3) is 0 Å². The fourth-order valence-corrected chi connectivity index (χ4v) is 14.4. The highest BCUT2D eigenvalue weighted by molar-refractivity contribution is 7.25. The summed E-state index contributed by atoms with van der Waals surface area (Å²) in [5.74, 6) is 0. The molecule has 354 valence electrons. The maximum Gasteiger partial charge on any atom is 0.0725 e. The lowest BCUT2D eigenvalue weighted by atomic mass is 9.65. The Balaban J connectivity index is 0.967. The van der Waals surface area contributed by atoms with Crippen LogP contribution in [0.4, 0.5) is 34.1 Å². The summed E-state index contributed by atoms with van der Waals surface area (Å²) < 4.78 is 2.64. The molecule has 2 nitrogen and oxygen atoms in total. The maximum absolute atomic E-state index is 2.55. The molecule has 0 N–H and O–H groups in total. The second kappa shape index (κ2) is 16.7. The number of benzene rings is 12. The second-order valence-corrected chi connectivity index (χ2v) is 21.4. The van der Waals surface area contributed by atoms with Crippen molar-refractivity contribution < 1.29 is 0 Å². The topological polar surface area (TPSA) is 6.48 Å². The van der Waals surface area contributed by atoms with Gasteiger partial charge >= 0.3 is 0 Å². The van der Waals surface area contributed by atoms with Crippen molar-refractivity contribution in [3.05, 3.63) is 301 Å². The van der Waals surface area contributed by atoms with E-state index in [-0.39, 0.29) is 0 Å². The molecule has 0 amide bonds. The molecular weight excluding hydrogens is 937 g/mol. The van der Waals surface area contributed by atoms with Crippen molar-refractivity contribution in [1.82, 2.24) is 0 Å². The molecule has 0 saturated carbocycles. The molecule has 3 aliphatic rings. The zero-order chi connectivity index (χ0) is 49.9. The van der Waals surface area contributed by atoms with Crippen LogP contribution in [0.2, 0.25) is 0 Å². The molecule has 3 heteroatoms. The van der Waals surface area contributed by atoms with Crippen LogP contribution in [0, 0.1) is 0 Å². The van der Waals surface area contributed by atoms with Gasteiger partial charge in [-0.25, -0.2) is 0 Å². The smallest absolute Gasteiger partial charge is 0.0725 e. The Morgan fingerprint density at radius 1 is 0.276 bits per heavy atom. The lowest BCUT2D eigenvalue weighted by Crippen LogP contribution is -2.29. The molecule has 1 atom stereocenters. The first-order valence-corrected chi connectivity index (χ1v) is 27.1. The van der Waals surface area contributed by atoms with Crippen molar-refractivity contribution >= 4 is 65.6 Å². The van der Waals surface area contributed by atoms with Gasteiger partial charge in [0.05, 0.1) is 16.8 Å². The number of nitrogens with zero attached hydrogens (tertiary/aromatic N) is 2. The fourth-order valence-electron chi connectivity index (χ4n) is 13.2. The Kier molecular flexibility index (Phi) is 9.45. The van der Waals surface area contributed by atoms with E-state index in [0.29, 0.717) is 0 Å². The molecule has 13 aromatic rings. The maximum atomic E-state index is 2.55. The van der Waals surface area contributed by atoms with Crippen LogP contribution in [-0.2, 0) is 5.41 Å². The van der Waals surface area contributed by atoms with Crippen LogP contribution in [0.15, 0.2) is 279 Å². The van der Waals surface area contributed by atoms with Crippen molar-refractivity contribution in [3.8, 4) is 66.8 Å². The molecule has 16 rings (SSSR count). The number of rotatable bonds is 5. The van der Waals surface area contributed by atoms with Crippen LogP contribution in [0.25, 0.3) is 86.9 Å². The van der Waals surface area contributed by atoms with Crippen LogP contribution in [0.5, 0.6) is 0 Å². The van der Waals surface area contributed by atoms with E-state index in [1.54, 1.807) is 0 Å². The summed E-state index contributed by atoms with van der Waals surface area (Å²) in [6.07, 6.45) is 0. The molecule has 1 aliphatic heterocycles. The Bertz CT molecular complexity index is 4480. The molecule has 1 aromatic heterocycles. The average Bonchev–Trinajstić information content (AvgIpc) is 4.08. The van der Waals surface area contributed by atoms with Crippen molar-refractivity contribution in [2.75, 3.05) is 9.80 Å². The predicted octanol–water partition coefficient (Wildman–Crippen LogP) is 20.3. The largest absolute Gasteiger partial charge is 0.310 e. The van der Waals surface area contributed by atoms with Crippen LogP contribution in [0.1, 0.15) is 22.3 Å². The summed E-state index contributed by atoms with van der Waals surface area (Å²) in [5.41, 5.74) is 26.0. The Morgan fingerprint density at radius 3 is 1.46 bits per heavy atom. The number of fused-ring (bicyclic) bond motifs is 20. The van der Waals surface area contributed by atoms with Gasteiger partial charge in [0, 0.05) is 54.0 Å². The third-order valence-corrected chi connectivity index (χ3v) is 17.6. The van der Waals surface area contributed by atoms with Gasteiger partial charge in [-0.2, -0.15) is 0 Å². The third kappa shape index (κ3) is 6.21. The molecule has 12 aromatic carbocycles. The molecule has 1 spiro atoms. The lowest BCUT2D eigenvalue weighted by Gasteiger charge is -2.36. The molecular formula is C73H46N2S. The molecule has 2 aliphatic carbocycles. The standard InChI is InChI=1S/C73H46N2S/c1-3-19-47(20-4-1)48-35-37-50(38-36-48)74(51-39-41-55-58-27-11-16-32-69(58)75(49-21-5-2-6-22-49)70-33-17-12-28-59(70)61(55)43-51)52-40-42-67-62(44-52)54-24-8-7-23-53(54)56-25-9-14-30-65(56)73(67)66-31-15-10-26-57(66)63-46-72-64(45-68(63)73)60-29-13-18-34-71(60)76-72/h1-46H. The highest BCUT2D eigenvalue weighted by Gasteiger charge is 2.50. The van der Waals surface area contributed by atoms with Crippen LogP contribution in [-0.4, -0.2) is 0 Å². The zero-order valence-corrected chi connectivity index (χ0v) is 42.2. The molecule has 76 heavy (non-hydrogen) atoms. The van der Waals surface area contributed by atoms with Gasteiger partial charge in [-0.1, -0.05) is 200 Å². The molecule has 1 unspecified atom stereocenters. The minimum atomic E-state index is -0.624. The number of hydrogen-bond acceptors (Lipinski definition) is 3. The van der Waals surface area contributed by atoms with E-state index in [1.807, 2.05) is 11.3 Å². The average molecular weight is 983 g/mol. The van der Waals surface area contributed by atoms with Gasteiger partial charge in [0.1, 0.15) is 0 Å². The number of hydrogen-bond donors (Lipinski definition) is 0. The van der Waals surface area contributed by atoms with Crippen molar-refractivity contribution in [2.24, 2.45) is 0 Å². The van der Waals surface area contributed by atoms with Gasteiger partial charge < -0.3 is 9.80 Å². The summed E-state index contributed by atoms with van der Waals surface area (Å²) in [6.45, 7) is 0. The predicted molar refractivity (Wildman–Crippen MR) is 320 cm³/mol. The van der Waals surface area contributed by atoms with Gasteiger partial charge in [-0.05, 0) is 157 Å². The molecule has 0 saturated heterocycles. The van der Waals surface area contributed by atoms with E-state index in [1.165, 1.54) is 109 Å². The number of para-hydroxylation sites is 3. The highest BCUT2D eigenvalue weighted by Crippen LogP contribution is 2.63. The number of thiophene rings is 1. The van der Waals surface area contributed by atoms with Gasteiger partial charge in [0.2, 0.25) is 0 Å². The number of anilines is 6. The lowest BCUT2D eigenvalue weighted by molar-refractivity contribution is 0.776. The van der Waals surface area contributed by atoms with Crippen LogP contribution >= 0.6 is 11.3 Å². The van der Waals surface area contributed by atoms with E-state index in [4.69, 9.17) is 0 Å². The van der Waals surface area contributed by atoms with Crippen molar-refractivity contribution in [1.29, 1.82) is 0 Å². The minimum Gasteiger partial charge on any atom is -0.310 e. The van der Waals surface area contributed by atoms with E-state index in [9.17, 15) is 0 Å². The first kappa shape index (κ1) is 42.9. The zero-order valence-electron chi connectivity index (χ0n) is 41.4. The summed E-state index contributed by atoms with van der Waals surface area (Å²) >= 11 is 1.90. The van der Waals surface area contributed by atoms with Crippen molar-refractivity contribution in [2.45, 2.75) is 5.41 Å². The summed E-state index contributed by atoms with van der Waals surface area (Å²) in [5, 5.41) is 2.62. The SMILES string of the molecule is c1ccc(-c2ccc(N(c3ccc4c(c3)-c3ccccc3N(c3ccccc3)c3ccccc3-4)c3ccc4c(c3)-c3ccccc3-c3ccccc3C43c4ccccc4-c4cc5sc6ccccc6c5cc43)cc2)cc1. The quantitative estimate of drug-likeness (QED) is 0.170. The summed E-state index contributed by atoms with van der Waals surface area (Å²) in [7, 11) is 0. The second-order valence-electron chi connectivity index (χ2n) is 20.3. The minimum absolute atomic E-state index is 0.624.